The van der Waals surface area contributed by atoms with E-state index >= 15 is 0 Å². The Morgan fingerprint density at radius 1 is 1.32 bits per heavy atom. The largest absolute Gasteiger partial charge is 0.471 e. The number of alkyl halides is 3. The Morgan fingerprint density at radius 2 is 2.05 bits per heavy atom. The average molecular weight is 271 g/mol. The Hall–Kier alpha value is -1.26. The third-order valence-corrected chi connectivity index (χ3v) is 5.00. The van der Waals surface area contributed by atoms with E-state index in [1.807, 2.05) is 12.2 Å². The van der Waals surface area contributed by atoms with Gasteiger partial charge in [0.25, 0.3) is 0 Å². The summed E-state index contributed by atoms with van der Waals surface area (Å²) in [5.74, 6) is -1.15. The van der Waals surface area contributed by atoms with E-state index in [1.165, 1.54) is 0 Å². The van der Waals surface area contributed by atoms with Crippen molar-refractivity contribution in [2.24, 2.45) is 23.2 Å². The Kier molecular flexibility index (Phi) is 2.60. The van der Waals surface area contributed by atoms with Gasteiger partial charge in [-0.3, -0.25) is 4.79 Å². The highest BCUT2D eigenvalue weighted by atomic mass is 19.4. The normalized spacial score (nSPS) is 40.4. The summed E-state index contributed by atoms with van der Waals surface area (Å²) in [4.78, 5) is 12.4. The molecule has 0 aromatic heterocycles. The van der Waals surface area contributed by atoms with Crippen LogP contribution in [-0.4, -0.2) is 30.1 Å². The van der Waals surface area contributed by atoms with Gasteiger partial charge in [-0.05, 0) is 29.6 Å². The van der Waals surface area contributed by atoms with Gasteiger partial charge in [0, 0.05) is 13.1 Å². The molecule has 2 nitrogen and oxygen atoms in total. The first kappa shape index (κ1) is 12.8. The molecule has 0 spiro atoms. The number of allylic oxidation sites excluding steroid dienone is 4. The van der Waals surface area contributed by atoms with Crippen LogP contribution in [0.3, 0.4) is 0 Å². The number of hydrogen-bond donors (Lipinski definition) is 0. The molecule has 5 heteroatoms. The van der Waals surface area contributed by atoms with Crippen LogP contribution in [0.5, 0.6) is 0 Å². The first-order valence-electron chi connectivity index (χ1n) is 6.54. The lowest BCUT2D eigenvalue weighted by Crippen LogP contribution is -2.47. The van der Waals surface area contributed by atoms with E-state index in [4.69, 9.17) is 0 Å². The van der Waals surface area contributed by atoms with Gasteiger partial charge in [0.1, 0.15) is 0 Å². The SMILES string of the molecule is CC12C=CC=CC1C1CC2CN(C(=O)C(F)(F)F)C1. The summed E-state index contributed by atoms with van der Waals surface area (Å²) in [6.45, 7) is 2.55. The van der Waals surface area contributed by atoms with E-state index in [9.17, 15) is 18.0 Å². The molecule has 1 heterocycles. The van der Waals surface area contributed by atoms with Gasteiger partial charge in [-0.2, -0.15) is 13.2 Å². The minimum atomic E-state index is -4.76. The Morgan fingerprint density at radius 3 is 2.74 bits per heavy atom. The van der Waals surface area contributed by atoms with Crippen molar-refractivity contribution in [3.05, 3.63) is 24.3 Å². The number of fused-ring (bicyclic) bond motifs is 5. The van der Waals surface area contributed by atoms with Gasteiger partial charge in [-0.25, -0.2) is 0 Å². The van der Waals surface area contributed by atoms with Gasteiger partial charge in [-0.15, -0.1) is 0 Å². The van der Waals surface area contributed by atoms with E-state index in [2.05, 4.69) is 19.1 Å². The van der Waals surface area contributed by atoms with Crippen molar-refractivity contribution in [3.8, 4) is 0 Å². The van der Waals surface area contributed by atoms with Gasteiger partial charge in [0.2, 0.25) is 0 Å². The number of likely N-dealkylation sites (tertiary alicyclic amines) is 1. The molecule has 1 amide bonds. The molecule has 2 bridgehead atoms. The number of amides is 1. The molecule has 3 aliphatic rings. The second kappa shape index (κ2) is 3.87. The molecular formula is C14H16F3NO. The molecule has 0 radical (unpaired) electrons. The number of nitrogens with zero attached hydrogens (tertiary/aromatic N) is 1. The van der Waals surface area contributed by atoms with Crippen LogP contribution in [0.15, 0.2) is 24.3 Å². The second-order valence-electron chi connectivity index (χ2n) is 6.04. The van der Waals surface area contributed by atoms with Crippen molar-refractivity contribution < 1.29 is 18.0 Å². The average Bonchev–Trinajstić information content (AvgIpc) is 2.55. The number of halogens is 3. The second-order valence-corrected chi connectivity index (χ2v) is 6.04. The maximum Gasteiger partial charge on any atom is 0.471 e. The van der Waals surface area contributed by atoms with Gasteiger partial charge in [0.05, 0.1) is 0 Å². The van der Waals surface area contributed by atoms with E-state index in [1.54, 1.807) is 0 Å². The molecule has 4 atom stereocenters. The molecule has 4 unspecified atom stereocenters. The quantitative estimate of drug-likeness (QED) is 0.663. The first-order valence-corrected chi connectivity index (χ1v) is 6.54. The summed E-state index contributed by atoms with van der Waals surface area (Å²) < 4.78 is 37.7. The molecule has 0 aromatic rings. The number of piperidine rings is 1. The van der Waals surface area contributed by atoms with Crippen LogP contribution in [0.25, 0.3) is 0 Å². The molecule has 104 valence electrons. The van der Waals surface area contributed by atoms with Crippen molar-refractivity contribution in [1.82, 2.24) is 4.90 Å². The summed E-state index contributed by atoms with van der Waals surface area (Å²) in [6.07, 6.45) is 4.28. The van der Waals surface area contributed by atoms with Crippen LogP contribution in [-0.2, 0) is 4.79 Å². The van der Waals surface area contributed by atoms with Crippen LogP contribution >= 0.6 is 0 Å². The Labute approximate surface area is 110 Å². The summed E-state index contributed by atoms with van der Waals surface area (Å²) >= 11 is 0. The zero-order valence-electron chi connectivity index (χ0n) is 10.7. The monoisotopic (exact) mass is 271 g/mol. The predicted molar refractivity (Wildman–Crippen MR) is 64.1 cm³/mol. The fraction of sp³-hybridized carbons (Fsp3) is 0.643. The van der Waals surface area contributed by atoms with Gasteiger partial charge < -0.3 is 4.90 Å². The van der Waals surface area contributed by atoms with E-state index in [0.717, 1.165) is 11.3 Å². The van der Waals surface area contributed by atoms with Gasteiger partial charge in [0.15, 0.2) is 0 Å². The maximum absolute atomic E-state index is 12.6. The highest BCUT2D eigenvalue weighted by Gasteiger charge is 2.56. The summed E-state index contributed by atoms with van der Waals surface area (Å²) in [5, 5.41) is 0. The number of hydrogen-bond acceptors (Lipinski definition) is 1. The van der Waals surface area contributed by atoms with Crippen molar-refractivity contribution in [3.63, 3.8) is 0 Å². The molecule has 2 fully saturated rings. The minimum absolute atomic E-state index is 0.0972. The van der Waals surface area contributed by atoms with Gasteiger partial charge in [-0.1, -0.05) is 31.2 Å². The first-order chi connectivity index (χ1) is 8.82. The van der Waals surface area contributed by atoms with Crippen molar-refractivity contribution in [1.29, 1.82) is 0 Å². The molecule has 0 N–H and O–H groups in total. The number of carbonyl (C=O) groups excluding carboxylic acids is 1. The standard InChI is InChI=1S/C14H16F3NO/c1-13-5-3-2-4-11(13)9-6-10(13)8-18(7-9)12(19)14(15,16)17/h2-5,9-11H,6-8H2,1H3. The fourth-order valence-corrected chi connectivity index (χ4v) is 4.03. The summed E-state index contributed by atoms with van der Waals surface area (Å²) in [6, 6.07) is 0. The highest BCUT2D eigenvalue weighted by molar-refractivity contribution is 5.82. The van der Waals surface area contributed by atoms with Crippen LogP contribution < -0.4 is 0 Å². The summed E-state index contributed by atoms with van der Waals surface area (Å²) in [5.41, 5.74) is -0.0972. The number of rotatable bonds is 0. The van der Waals surface area contributed by atoms with Crippen LogP contribution in [0.1, 0.15) is 13.3 Å². The smallest absolute Gasteiger partial charge is 0.334 e. The molecule has 1 aliphatic heterocycles. The van der Waals surface area contributed by atoms with E-state index < -0.39 is 12.1 Å². The zero-order chi connectivity index (χ0) is 13.8. The van der Waals surface area contributed by atoms with Crippen molar-refractivity contribution >= 4 is 5.91 Å². The molecular weight excluding hydrogens is 255 g/mol. The lowest BCUT2D eigenvalue weighted by molar-refractivity contribution is -0.187. The predicted octanol–water partition coefficient (Wildman–Crippen LogP) is 2.78. The molecule has 19 heavy (non-hydrogen) atoms. The molecule has 2 aliphatic carbocycles. The van der Waals surface area contributed by atoms with Crippen LogP contribution in [0.2, 0.25) is 0 Å². The van der Waals surface area contributed by atoms with Gasteiger partial charge >= 0.3 is 12.1 Å². The lowest BCUT2D eigenvalue weighted by Gasteiger charge is -2.35. The fourth-order valence-electron chi connectivity index (χ4n) is 4.03. The maximum atomic E-state index is 12.6. The highest BCUT2D eigenvalue weighted by Crippen LogP contribution is 2.56. The third-order valence-electron chi connectivity index (χ3n) is 5.00. The zero-order valence-corrected chi connectivity index (χ0v) is 10.7. The third kappa shape index (κ3) is 1.82. The van der Waals surface area contributed by atoms with Crippen LogP contribution in [0, 0.1) is 23.2 Å². The van der Waals surface area contributed by atoms with E-state index in [-0.39, 0.29) is 36.3 Å². The molecule has 0 aromatic carbocycles. The Bertz CT molecular complexity index is 468. The molecule has 1 saturated carbocycles. The summed E-state index contributed by atoms with van der Waals surface area (Å²) in [7, 11) is 0. The van der Waals surface area contributed by atoms with Crippen molar-refractivity contribution in [2.75, 3.05) is 13.1 Å². The van der Waals surface area contributed by atoms with Crippen molar-refractivity contribution in [2.45, 2.75) is 19.5 Å². The molecule has 1 saturated heterocycles. The lowest BCUT2D eigenvalue weighted by atomic mass is 9.71. The van der Waals surface area contributed by atoms with E-state index in [0.29, 0.717) is 0 Å². The van der Waals surface area contributed by atoms with Crippen LogP contribution in [0.4, 0.5) is 13.2 Å². The number of carbonyl (C=O) groups is 1. The molecule has 3 rings (SSSR count). The topological polar surface area (TPSA) is 20.3 Å². The minimum Gasteiger partial charge on any atom is -0.334 e. The Balaban J connectivity index is 1.86.